The lowest BCUT2D eigenvalue weighted by Gasteiger charge is -2.34. The van der Waals surface area contributed by atoms with Crippen LogP contribution in [0.2, 0.25) is 10.0 Å². The molecule has 0 aromatic heterocycles. The molecule has 176 valence electrons. The topological polar surface area (TPSA) is 71.6 Å². The van der Waals surface area contributed by atoms with Crippen LogP contribution in [0.1, 0.15) is 42.3 Å². The van der Waals surface area contributed by atoms with E-state index in [1.54, 1.807) is 26.4 Å². The van der Waals surface area contributed by atoms with Gasteiger partial charge in [0.1, 0.15) is 17.3 Å². The van der Waals surface area contributed by atoms with E-state index in [0.29, 0.717) is 27.2 Å². The van der Waals surface area contributed by atoms with Crippen LogP contribution >= 0.6 is 23.2 Å². The lowest BCUT2D eigenvalue weighted by atomic mass is 9.72. The van der Waals surface area contributed by atoms with Gasteiger partial charge in [-0.15, -0.1) is 0 Å². The zero-order valence-corrected chi connectivity index (χ0v) is 19.9. The molecule has 1 amide bonds. The zero-order valence-electron chi connectivity index (χ0n) is 18.4. The van der Waals surface area contributed by atoms with E-state index in [0.717, 1.165) is 30.4 Å². The van der Waals surface area contributed by atoms with Crippen molar-refractivity contribution in [2.24, 2.45) is 5.92 Å². The Morgan fingerprint density at radius 3 is 2.48 bits per heavy atom. The number of carbonyl (C=O) groups excluding carboxylic acids is 1. The minimum Gasteiger partial charge on any atom is -0.495 e. The average molecular weight is 494 g/mol. The van der Waals surface area contributed by atoms with Crippen molar-refractivity contribution < 1.29 is 18.7 Å². The number of amides is 1. The van der Waals surface area contributed by atoms with Crippen molar-refractivity contribution in [3.63, 3.8) is 0 Å². The van der Waals surface area contributed by atoms with Crippen molar-refractivity contribution in [1.29, 1.82) is 0 Å². The number of hydrogen-bond acceptors (Lipinski definition) is 5. The van der Waals surface area contributed by atoms with E-state index in [1.807, 2.05) is 0 Å². The highest BCUT2D eigenvalue weighted by Gasteiger charge is 2.43. The van der Waals surface area contributed by atoms with Crippen LogP contribution in [0, 0.1) is 11.7 Å². The average Bonchev–Trinajstić information content (AvgIpc) is 3.22. The fourth-order valence-corrected chi connectivity index (χ4v) is 5.80. The Morgan fingerprint density at radius 1 is 1.15 bits per heavy atom. The van der Waals surface area contributed by atoms with Gasteiger partial charge in [0.2, 0.25) is 5.91 Å². The van der Waals surface area contributed by atoms with Crippen LogP contribution in [0.15, 0.2) is 36.9 Å². The molecule has 9 heteroatoms. The summed E-state index contributed by atoms with van der Waals surface area (Å²) in [5.41, 5.74) is 8.83. The first-order chi connectivity index (χ1) is 15.9. The molecule has 1 saturated heterocycles. The van der Waals surface area contributed by atoms with E-state index >= 15 is 0 Å². The first-order valence-electron chi connectivity index (χ1n) is 10.7. The number of ether oxygens (including phenoxy) is 2. The van der Waals surface area contributed by atoms with Gasteiger partial charge >= 0.3 is 0 Å². The second kappa shape index (κ2) is 9.89. The molecule has 0 spiro atoms. The minimum atomic E-state index is -0.416. The summed E-state index contributed by atoms with van der Waals surface area (Å²) >= 11 is 13.3. The number of carbonyl (C=O) groups is 1. The highest BCUT2D eigenvalue weighted by molar-refractivity contribution is 6.38. The summed E-state index contributed by atoms with van der Waals surface area (Å²) in [6.07, 6.45) is 3.68. The molecular weight excluding hydrogens is 468 g/mol. The third kappa shape index (κ3) is 4.55. The van der Waals surface area contributed by atoms with Crippen molar-refractivity contribution in [3.05, 3.63) is 63.9 Å². The maximum Gasteiger partial charge on any atom is 0.247 e. The maximum atomic E-state index is 13.9. The molecule has 0 bridgehead atoms. The number of rotatable bonds is 6. The Morgan fingerprint density at radius 2 is 1.85 bits per heavy atom. The van der Waals surface area contributed by atoms with Gasteiger partial charge in [-0.05, 0) is 54.9 Å². The van der Waals surface area contributed by atoms with E-state index in [-0.39, 0.29) is 29.8 Å². The number of hydrazine groups is 1. The van der Waals surface area contributed by atoms with Gasteiger partial charge in [0.05, 0.1) is 30.3 Å². The Hall–Kier alpha value is -2.32. The lowest BCUT2D eigenvalue weighted by Crippen LogP contribution is -2.35. The molecule has 3 unspecified atom stereocenters. The predicted molar refractivity (Wildman–Crippen MR) is 128 cm³/mol. The first-order valence-corrected chi connectivity index (χ1v) is 11.5. The van der Waals surface area contributed by atoms with Crippen molar-refractivity contribution in [2.45, 2.75) is 37.3 Å². The SMILES string of the molecule is C=CC(=O)Nc1cc(F)ccc1C1NNC2C[C@H](c3c(Cl)c(OC)cc(OC)c3Cl)CCC21. The number of methoxy groups -OCH3 is 2. The zero-order chi connectivity index (χ0) is 23.7. The van der Waals surface area contributed by atoms with Crippen molar-refractivity contribution in [2.75, 3.05) is 19.5 Å². The summed E-state index contributed by atoms with van der Waals surface area (Å²) in [6.45, 7) is 3.47. The molecule has 1 aliphatic carbocycles. The molecule has 0 radical (unpaired) electrons. The molecule has 2 aliphatic rings. The normalized spacial score (nSPS) is 24.2. The van der Waals surface area contributed by atoms with Crippen LogP contribution in [-0.2, 0) is 4.79 Å². The molecule has 2 aromatic rings. The molecule has 1 heterocycles. The summed E-state index contributed by atoms with van der Waals surface area (Å²) in [4.78, 5) is 11.9. The van der Waals surface area contributed by atoms with Gasteiger partial charge in [0.15, 0.2) is 0 Å². The highest BCUT2D eigenvalue weighted by atomic mass is 35.5. The second-order valence-corrected chi connectivity index (χ2v) is 9.05. The van der Waals surface area contributed by atoms with Gasteiger partial charge in [-0.1, -0.05) is 35.8 Å². The molecule has 3 N–H and O–H groups in total. The fourth-order valence-electron chi connectivity index (χ4n) is 4.99. The quantitative estimate of drug-likeness (QED) is 0.471. The third-order valence-corrected chi connectivity index (χ3v) is 7.35. The Labute approximate surface area is 202 Å². The molecule has 6 nitrogen and oxygen atoms in total. The van der Waals surface area contributed by atoms with E-state index < -0.39 is 5.82 Å². The number of anilines is 1. The largest absolute Gasteiger partial charge is 0.495 e. The molecule has 2 fully saturated rings. The molecule has 1 aliphatic heterocycles. The fraction of sp³-hybridized carbons (Fsp3) is 0.375. The molecule has 33 heavy (non-hydrogen) atoms. The van der Waals surface area contributed by atoms with Crippen molar-refractivity contribution >= 4 is 34.8 Å². The van der Waals surface area contributed by atoms with Crippen molar-refractivity contribution in [3.8, 4) is 11.5 Å². The standard InChI is InChI=1S/C24H26Cl2FN3O3/c1-4-20(31)28-16-10-13(27)6-8-14(16)24-15-7-5-12(9-17(15)29-30-24)21-22(25)18(32-2)11-19(33-3)23(21)26/h4,6,8,10-12,15,17,24,29-30H,1,5,7,9H2,2-3H3,(H,28,31)/t12-,15?,17?,24?/m1/s1. The summed E-state index contributed by atoms with van der Waals surface area (Å²) in [5.74, 6) is 0.594. The van der Waals surface area contributed by atoms with Crippen LogP contribution in [0.25, 0.3) is 0 Å². The van der Waals surface area contributed by atoms with E-state index in [4.69, 9.17) is 32.7 Å². The lowest BCUT2D eigenvalue weighted by molar-refractivity contribution is -0.111. The van der Waals surface area contributed by atoms with Crippen LogP contribution in [0.5, 0.6) is 11.5 Å². The minimum absolute atomic E-state index is 0.0949. The maximum absolute atomic E-state index is 13.9. The summed E-state index contributed by atoms with van der Waals surface area (Å²) in [6, 6.07) is 6.18. The molecular formula is C24H26Cl2FN3O3. The number of hydrogen-bond donors (Lipinski definition) is 3. The van der Waals surface area contributed by atoms with Gasteiger partial charge in [-0.25, -0.2) is 9.82 Å². The number of fused-ring (bicyclic) bond motifs is 1. The van der Waals surface area contributed by atoms with Gasteiger partial charge in [-0.2, -0.15) is 0 Å². The van der Waals surface area contributed by atoms with Crippen molar-refractivity contribution in [1.82, 2.24) is 10.9 Å². The number of benzene rings is 2. The Bertz CT molecular complexity index is 1050. The third-order valence-electron chi connectivity index (χ3n) is 6.57. The molecule has 1 saturated carbocycles. The molecule has 2 aromatic carbocycles. The van der Waals surface area contributed by atoms with Gasteiger partial charge in [0, 0.05) is 23.4 Å². The number of nitrogens with one attached hydrogen (secondary N) is 3. The van der Waals surface area contributed by atoms with E-state index in [2.05, 4.69) is 22.7 Å². The summed E-state index contributed by atoms with van der Waals surface area (Å²) < 4.78 is 24.8. The molecule has 4 atom stereocenters. The first kappa shape index (κ1) is 23.8. The van der Waals surface area contributed by atoms with E-state index in [9.17, 15) is 9.18 Å². The highest BCUT2D eigenvalue weighted by Crippen LogP contribution is 2.51. The monoisotopic (exact) mass is 493 g/mol. The van der Waals surface area contributed by atoms with Crippen LogP contribution < -0.4 is 25.6 Å². The van der Waals surface area contributed by atoms with Gasteiger partial charge in [-0.3, -0.25) is 10.2 Å². The smallest absolute Gasteiger partial charge is 0.247 e. The van der Waals surface area contributed by atoms with Gasteiger partial charge < -0.3 is 14.8 Å². The molecule has 4 rings (SSSR count). The predicted octanol–water partition coefficient (Wildman–Crippen LogP) is 5.38. The Kier molecular flexibility index (Phi) is 7.14. The Balaban J connectivity index is 1.60. The summed E-state index contributed by atoms with van der Waals surface area (Å²) in [5, 5.41) is 3.72. The van der Waals surface area contributed by atoms with Crippen LogP contribution in [-0.4, -0.2) is 26.2 Å². The van der Waals surface area contributed by atoms with Gasteiger partial charge in [0.25, 0.3) is 0 Å². The van der Waals surface area contributed by atoms with Crippen LogP contribution in [0.3, 0.4) is 0 Å². The van der Waals surface area contributed by atoms with E-state index in [1.165, 1.54) is 18.2 Å². The summed E-state index contributed by atoms with van der Waals surface area (Å²) in [7, 11) is 3.13. The number of halogens is 3. The second-order valence-electron chi connectivity index (χ2n) is 8.29. The van der Waals surface area contributed by atoms with Crippen LogP contribution in [0.4, 0.5) is 10.1 Å².